The molecule has 0 heterocycles. The van der Waals surface area contributed by atoms with Gasteiger partial charge in [-0.05, 0) is 11.6 Å². The van der Waals surface area contributed by atoms with Crippen LogP contribution in [0.15, 0.2) is 29.2 Å². The molecule has 0 fully saturated rings. The zero-order chi connectivity index (χ0) is 13.9. The van der Waals surface area contributed by atoms with Crippen LogP contribution in [0, 0.1) is 0 Å². The fraction of sp³-hybridized carbons (Fsp3) is 0.462. The first-order valence-corrected chi connectivity index (χ1v) is 7.30. The van der Waals surface area contributed by atoms with Gasteiger partial charge in [0.25, 0.3) is 0 Å². The Morgan fingerprint density at radius 3 is 2.33 bits per heavy atom. The van der Waals surface area contributed by atoms with Crippen molar-refractivity contribution in [3.05, 3.63) is 29.8 Å². The number of carbonyl (C=O) groups is 1. The molecule has 1 rings (SSSR count). The maximum Gasteiger partial charge on any atom is 0.242 e. The van der Waals surface area contributed by atoms with E-state index in [1.807, 2.05) is 0 Å². The Labute approximate surface area is 109 Å². The van der Waals surface area contributed by atoms with E-state index in [1.165, 1.54) is 14.1 Å². The van der Waals surface area contributed by atoms with E-state index < -0.39 is 15.9 Å². The van der Waals surface area contributed by atoms with Gasteiger partial charge in [-0.3, -0.25) is 4.79 Å². The second kappa shape index (κ2) is 5.63. The van der Waals surface area contributed by atoms with Crippen molar-refractivity contribution in [1.29, 1.82) is 0 Å². The number of nitrogens with zero attached hydrogens (tertiary/aromatic N) is 1. The first-order valence-electron chi connectivity index (χ1n) is 5.86. The number of rotatable bonds is 5. The Balaban J connectivity index is 3.36. The van der Waals surface area contributed by atoms with E-state index in [1.54, 1.807) is 38.1 Å². The Bertz CT molecular complexity index is 535. The van der Waals surface area contributed by atoms with E-state index in [4.69, 9.17) is 0 Å². The van der Waals surface area contributed by atoms with Gasteiger partial charge in [0.2, 0.25) is 10.0 Å². The third kappa shape index (κ3) is 2.79. The molecule has 1 unspecified atom stereocenters. The predicted octanol–water partition coefficient (Wildman–Crippen LogP) is 2.02. The SMILES string of the molecule is CCC(=O)C(C)c1ccccc1S(=O)(=O)N(C)C. The van der Waals surface area contributed by atoms with E-state index in [0.29, 0.717) is 12.0 Å². The minimum absolute atomic E-state index is 0.0383. The zero-order valence-corrected chi connectivity index (χ0v) is 12.0. The maximum atomic E-state index is 12.2. The number of sulfonamides is 1. The van der Waals surface area contributed by atoms with Gasteiger partial charge in [0, 0.05) is 26.4 Å². The van der Waals surface area contributed by atoms with Crippen molar-refractivity contribution in [2.75, 3.05) is 14.1 Å². The molecule has 0 spiro atoms. The molecule has 1 aromatic rings. The molecule has 0 N–H and O–H groups in total. The lowest BCUT2D eigenvalue weighted by atomic mass is 9.95. The molecule has 0 saturated heterocycles. The van der Waals surface area contributed by atoms with Crippen molar-refractivity contribution in [3.8, 4) is 0 Å². The largest absolute Gasteiger partial charge is 0.299 e. The number of Topliss-reactive ketones (excluding diaryl/α,β-unsaturated/α-hetero) is 1. The van der Waals surface area contributed by atoms with Crippen LogP contribution in [0.5, 0.6) is 0 Å². The van der Waals surface area contributed by atoms with Crippen LogP contribution in [0.1, 0.15) is 31.7 Å². The number of benzene rings is 1. The molecule has 4 nitrogen and oxygen atoms in total. The Morgan fingerprint density at radius 1 is 1.28 bits per heavy atom. The van der Waals surface area contributed by atoms with E-state index >= 15 is 0 Å². The summed E-state index contributed by atoms with van der Waals surface area (Å²) < 4.78 is 25.5. The van der Waals surface area contributed by atoms with Crippen molar-refractivity contribution in [3.63, 3.8) is 0 Å². The summed E-state index contributed by atoms with van der Waals surface area (Å²) in [5.41, 5.74) is 0.568. The summed E-state index contributed by atoms with van der Waals surface area (Å²) in [6.07, 6.45) is 0.400. The minimum Gasteiger partial charge on any atom is -0.299 e. The van der Waals surface area contributed by atoms with Gasteiger partial charge < -0.3 is 0 Å². The van der Waals surface area contributed by atoms with E-state index in [9.17, 15) is 13.2 Å². The van der Waals surface area contributed by atoms with Crippen molar-refractivity contribution in [2.24, 2.45) is 0 Å². The molecular weight excluding hydrogens is 250 g/mol. The van der Waals surface area contributed by atoms with Gasteiger partial charge in [0.1, 0.15) is 5.78 Å². The topological polar surface area (TPSA) is 54.5 Å². The molecule has 0 aliphatic heterocycles. The standard InChI is InChI=1S/C13H19NO3S/c1-5-12(15)10(2)11-8-6-7-9-13(11)18(16,17)14(3)4/h6-10H,5H2,1-4H3. The second-order valence-electron chi connectivity index (χ2n) is 4.37. The van der Waals surface area contributed by atoms with Crippen LogP contribution in [0.25, 0.3) is 0 Å². The third-order valence-electron chi connectivity index (χ3n) is 2.98. The van der Waals surface area contributed by atoms with E-state index in [2.05, 4.69) is 0 Å². The molecule has 0 aliphatic carbocycles. The highest BCUT2D eigenvalue weighted by molar-refractivity contribution is 7.89. The Morgan fingerprint density at radius 2 is 1.83 bits per heavy atom. The Kier molecular flexibility index (Phi) is 4.65. The highest BCUT2D eigenvalue weighted by Gasteiger charge is 2.25. The maximum absolute atomic E-state index is 12.2. The highest BCUT2D eigenvalue weighted by Crippen LogP contribution is 2.26. The summed E-state index contributed by atoms with van der Waals surface area (Å²) in [6.45, 7) is 3.53. The summed E-state index contributed by atoms with van der Waals surface area (Å²) in [5.74, 6) is -0.364. The molecule has 100 valence electrons. The molecule has 0 bridgehead atoms. The lowest BCUT2D eigenvalue weighted by molar-refractivity contribution is -0.119. The summed E-state index contributed by atoms with van der Waals surface area (Å²) in [5, 5.41) is 0. The van der Waals surface area contributed by atoms with Crippen LogP contribution in [0.2, 0.25) is 0 Å². The average Bonchev–Trinajstić information content (AvgIpc) is 2.36. The number of hydrogen-bond donors (Lipinski definition) is 0. The van der Waals surface area contributed by atoms with Crippen LogP contribution in [0.3, 0.4) is 0 Å². The highest BCUT2D eigenvalue weighted by atomic mass is 32.2. The molecule has 0 aliphatic rings. The molecule has 1 aromatic carbocycles. The molecule has 0 saturated carbocycles. The van der Waals surface area contributed by atoms with Crippen molar-refractivity contribution in [2.45, 2.75) is 31.1 Å². The number of hydrogen-bond acceptors (Lipinski definition) is 3. The summed E-state index contributed by atoms with van der Waals surface area (Å²) >= 11 is 0. The third-order valence-corrected chi connectivity index (χ3v) is 4.86. The van der Waals surface area contributed by atoms with Crippen molar-refractivity contribution >= 4 is 15.8 Å². The van der Waals surface area contributed by atoms with Crippen LogP contribution in [-0.4, -0.2) is 32.6 Å². The van der Waals surface area contributed by atoms with Gasteiger partial charge in [0.05, 0.1) is 4.90 Å². The van der Waals surface area contributed by atoms with Gasteiger partial charge in [0.15, 0.2) is 0 Å². The fourth-order valence-electron chi connectivity index (χ4n) is 1.75. The van der Waals surface area contributed by atoms with Gasteiger partial charge in [-0.25, -0.2) is 12.7 Å². The molecular formula is C13H19NO3S. The summed E-state index contributed by atoms with van der Waals surface area (Å²) in [6, 6.07) is 6.67. The van der Waals surface area contributed by atoms with Crippen molar-refractivity contribution < 1.29 is 13.2 Å². The van der Waals surface area contributed by atoms with Crippen LogP contribution >= 0.6 is 0 Å². The molecule has 1 atom stereocenters. The van der Waals surface area contributed by atoms with Gasteiger partial charge >= 0.3 is 0 Å². The van der Waals surface area contributed by atoms with E-state index in [0.717, 1.165) is 4.31 Å². The zero-order valence-electron chi connectivity index (χ0n) is 11.2. The molecule has 0 radical (unpaired) electrons. The predicted molar refractivity (Wildman–Crippen MR) is 71.0 cm³/mol. The smallest absolute Gasteiger partial charge is 0.242 e. The Hall–Kier alpha value is -1.20. The van der Waals surface area contributed by atoms with Crippen LogP contribution in [-0.2, 0) is 14.8 Å². The minimum atomic E-state index is -3.51. The second-order valence-corrected chi connectivity index (χ2v) is 6.49. The monoisotopic (exact) mass is 269 g/mol. The molecule has 5 heteroatoms. The summed E-state index contributed by atoms with van der Waals surface area (Å²) in [4.78, 5) is 12.0. The first kappa shape index (κ1) is 14.9. The fourth-order valence-corrected chi connectivity index (χ4v) is 2.94. The van der Waals surface area contributed by atoms with Gasteiger partial charge in [-0.15, -0.1) is 0 Å². The normalized spacial score (nSPS) is 13.6. The first-order chi connectivity index (χ1) is 8.32. The quantitative estimate of drug-likeness (QED) is 0.821. The lowest BCUT2D eigenvalue weighted by Gasteiger charge is -2.18. The van der Waals surface area contributed by atoms with Crippen LogP contribution < -0.4 is 0 Å². The number of ketones is 1. The number of carbonyl (C=O) groups excluding carboxylic acids is 1. The molecule has 0 aromatic heterocycles. The molecule has 18 heavy (non-hydrogen) atoms. The van der Waals surface area contributed by atoms with E-state index in [-0.39, 0.29) is 10.7 Å². The van der Waals surface area contributed by atoms with Gasteiger partial charge in [-0.1, -0.05) is 32.0 Å². The van der Waals surface area contributed by atoms with Crippen LogP contribution in [0.4, 0.5) is 0 Å². The molecule has 0 amide bonds. The summed E-state index contributed by atoms with van der Waals surface area (Å²) in [7, 11) is -0.544. The lowest BCUT2D eigenvalue weighted by Crippen LogP contribution is -2.24. The van der Waals surface area contributed by atoms with Gasteiger partial charge in [-0.2, -0.15) is 0 Å². The van der Waals surface area contributed by atoms with Crippen molar-refractivity contribution in [1.82, 2.24) is 4.31 Å². The average molecular weight is 269 g/mol.